The Balaban J connectivity index is 2.01. The van der Waals surface area contributed by atoms with E-state index in [-0.39, 0.29) is 5.91 Å². The first-order valence-electron chi connectivity index (χ1n) is 5.03. The number of rotatable bonds is 3. The van der Waals surface area contributed by atoms with Crippen molar-refractivity contribution in [3.63, 3.8) is 0 Å². The summed E-state index contributed by atoms with van der Waals surface area (Å²) in [5.74, 6) is 0.369. The van der Waals surface area contributed by atoms with E-state index in [0.717, 1.165) is 0 Å². The third-order valence-corrected chi connectivity index (χ3v) is 2.40. The second-order valence-corrected chi connectivity index (χ2v) is 3.73. The van der Waals surface area contributed by atoms with Crippen LogP contribution in [0.4, 0.5) is 5.69 Å². The molecule has 0 saturated heterocycles. The van der Waals surface area contributed by atoms with Crippen molar-refractivity contribution in [2.75, 3.05) is 5.32 Å². The van der Waals surface area contributed by atoms with Crippen molar-refractivity contribution >= 4 is 29.3 Å². The first kappa shape index (κ1) is 11.5. The Labute approximate surface area is 104 Å². The van der Waals surface area contributed by atoms with E-state index in [1.807, 2.05) is 0 Å². The van der Waals surface area contributed by atoms with Crippen molar-refractivity contribution in [2.45, 2.75) is 0 Å². The highest BCUT2D eigenvalue weighted by Gasteiger charge is 2.01. The van der Waals surface area contributed by atoms with Crippen LogP contribution >= 0.6 is 11.6 Å². The van der Waals surface area contributed by atoms with Gasteiger partial charge in [-0.2, -0.15) is 0 Å². The minimum absolute atomic E-state index is 0.255. The van der Waals surface area contributed by atoms with E-state index in [1.165, 1.54) is 6.08 Å². The van der Waals surface area contributed by atoms with Gasteiger partial charge < -0.3 is 9.73 Å². The summed E-state index contributed by atoms with van der Waals surface area (Å²) in [7, 11) is 0. The van der Waals surface area contributed by atoms with Gasteiger partial charge in [-0.25, -0.2) is 0 Å². The lowest BCUT2D eigenvalue weighted by molar-refractivity contribution is -0.111. The van der Waals surface area contributed by atoms with E-state index < -0.39 is 0 Å². The van der Waals surface area contributed by atoms with Crippen LogP contribution in [0.3, 0.4) is 0 Å². The minimum atomic E-state index is -0.255. The van der Waals surface area contributed by atoms with Crippen LogP contribution in [-0.4, -0.2) is 5.91 Å². The number of hydrogen-bond acceptors (Lipinski definition) is 2. The maximum atomic E-state index is 11.6. The average Bonchev–Trinajstić information content (AvgIpc) is 2.82. The van der Waals surface area contributed by atoms with Gasteiger partial charge in [0.25, 0.3) is 0 Å². The molecular formula is C13H10ClNO2. The van der Waals surface area contributed by atoms with Crippen molar-refractivity contribution in [1.82, 2.24) is 0 Å². The molecule has 2 rings (SSSR count). The van der Waals surface area contributed by atoms with Crippen LogP contribution in [-0.2, 0) is 4.79 Å². The van der Waals surface area contributed by atoms with Crippen molar-refractivity contribution in [3.05, 3.63) is 59.5 Å². The highest BCUT2D eigenvalue weighted by atomic mass is 35.5. The average molecular weight is 248 g/mol. The Morgan fingerprint density at radius 1 is 1.24 bits per heavy atom. The van der Waals surface area contributed by atoms with E-state index in [9.17, 15) is 4.79 Å². The van der Waals surface area contributed by atoms with E-state index in [4.69, 9.17) is 16.0 Å². The van der Waals surface area contributed by atoms with Crippen LogP contribution in [0.1, 0.15) is 5.76 Å². The van der Waals surface area contributed by atoms with Gasteiger partial charge in [-0.1, -0.05) is 23.7 Å². The lowest BCUT2D eigenvalue weighted by atomic mass is 10.3. The minimum Gasteiger partial charge on any atom is -0.465 e. The number of hydrogen-bond donors (Lipinski definition) is 1. The predicted octanol–water partition coefficient (Wildman–Crippen LogP) is 3.58. The molecule has 0 radical (unpaired) electrons. The Morgan fingerprint density at radius 2 is 2.06 bits per heavy atom. The van der Waals surface area contributed by atoms with E-state index in [1.54, 1.807) is 48.7 Å². The van der Waals surface area contributed by atoms with Gasteiger partial charge in [0.2, 0.25) is 5.91 Å². The SMILES string of the molecule is O=C(/C=C/c1ccco1)Nc1ccccc1Cl. The maximum Gasteiger partial charge on any atom is 0.248 e. The molecule has 4 heteroatoms. The second kappa shape index (κ2) is 5.37. The molecule has 0 saturated carbocycles. The number of carbonyl (C=O) groups is 1. The molecule has 0 unspecified atom stereocenters. The van der Waals surface area contributed by atoms with Crippen LogP contribution in [0.15, 0.2) is 53.2 Å². The summed E-state index contributed by atoms with van der Waals surface area (Å²) in [4.78, 5) is 11.6. The zero-order chi connectivity index (χ0) is 12.1. The zero-order valence-corrected chi connectivity index (χ0v) is 9.65. The third-order valence-electron chi connectivity index (χ3n) is 2.07. The summed E-state index contributed by atoms with van der Waals surface area (Å²) >= 11 is 5.91. The fourth-order valence-electron chi connectivity index (χ4n) is 1.28. The summed E-state index contributed by atoms with van der Waals surface area (Å²) in [6, 6.07) is 10.6. The van der Waals surface area contributed by atoms with Crippen LogP contribution in [0.2, 0.25) is 5.02 Å². The van der Waals surface area contributed by atoms with Gasteiger partial charge in [0.15, 0.2) is 0 Å². The smallest absolute Gasteiger partial charge is 0.248 e. The fourth-order valence-corrected chi connectivity index (χ4v) is 1.46. The molecule has 0 spiro atoms. The number of furan rings is 1. The van der Waals surface area contributed by atoms with Crippen molar-refractivity contribution in [1.29, 1.82) is 0 Å². The van der Waals surface area contributed by atoms with Gasteiger partial charge >= 0.3 is 0 Å². The molecule has 0 fully saturated rings. The molecular weight excluding hydrogens is 238 g/mol. The number of nitrogens with one attached hydrogen (secondary N) is 1. The Hall–Kier alpha value is -2.00. The Kier molecular flexibility index (Phi) is 3.62. The molecule has 86 valence electrons. The van der Waals surface area contributed by atoms with Crippen LogP contribution in [0.25, 0.3) is 6.08 Å². The van der Waals surface area contributed by atoms with E-state index in [2.05, 4.69) is 5.32 Å². The highest BCUT2D eigenvalue weighted by molar-refractivity contribution is 6.33. The monoisotopic (exact) mass is 247 g/mol. The largest absolute Gasteiger partial charge is 0.465 e. The zero-order valence-electron chi connectivity index (χ0n) is 8.89. The van der Waals surface area contributed by atoms with Gasteiger partial charge in [0, 0.05) is 6.08 Å². The second-order valence-electron chi connectivity index (χ2n) is 3.32. The van der Waals surface area contributed by atoms with E-state index >= 15 is 0 Å². The molecule has 1 amide bonds. The molecule has 0 aliphatic rings. The molecule has 17 heavy (non-hydrogen) atoms. The normalized spacial score (nSPS) is 10.6. The maximum absolute atomic E-state index is 11.6. The number of amides is 1. The van der Waals surface area contributed by atoms with Gasteiger partial charge in [0.05, 0.1) is 17.0 Å². The summed E-state index contributed by atoms with van der Waals surface area (Å²) < 4.78 is 5.06. The number of anilines is 1. The molecule has 1 heterocycles. The number of para-hydroxylation sites is 1. The predicted molar refractivity (Wildman–Crippen MR) is 67.8 cm³/mol. The number of carbonyl (C=O) groups excluding carboxylic acids is 1. The number of benzene rings is 1. The molecule has 1 aromatic carbocycles. The lowest BCUT2D eigenvalue weighted by Gasteiger charge is -2.03. The lowest BCUT2D eigenvalue weighted by Crippen LogP contribution is -2.07. The van der Waals surface area contributed by atoms with Gasteiger partial charge in [0.1, 0.15) is 5.76 Å². The Morgan fingerprint density at radius 3 is 2.76 bits per heavy atom. The molecule has 0 bridgehead atoms. The van der Waals surface area contributed by atoms with Crippen molar-refractivity contribution in [2.24, 2.45) is 0 Å². The molecule has 1 N–H and O–H groups in total. The molecule has 0 atom stereocenters. The van der Waals surface area contributed by atoms with Gasteiger partial charge in [-0.05, 0) is 30.3 Å². The molecule has 1 aromatic heterocycles. The fraction of sp³-hybridized carbons (Fsp3) is 0. The standard InChI is InChI=1S/C13H10ClNO2/c14-11-5-1-2-6-12(11)15-13(16)8-7-10-4-3-9-17-10/h1-9H,(H,15,16)/b8-7+. The summed E-state index contributed by atoms with van der Waals surface area (Å²) in [6.45, 7) is 0. The Bertz CT molecular complexity index is 532. The molecule has 2 aromatic rings. The quantitative estimate of drug-likeness (QED) is 0.843. The van der Waals surface area contributed by atoms with Crippen LogP contribution < -0.4 is 5.32 Å². The van der Waals surface area contributed by atoms with Crippen LogP contribution in [0, 0.1) is 0 Å². The topological polar surface area (TPSA) is 42.2 Å². The van der Waals surface area contributed by atoms with Crippen LogP contribution in [0.5, 0.6) is 0 Å². The molecule has 0 aliphatic carbocycles. The van der Waals surface area contributed by atoms with Crippen molar-refractivity contribution in [3.8, 4) is 0 Å². The van der Waals surface area contributed by atoms with Gasteiger partial charge in [-0.15, -0.1) is 0 Å². The first-order valence-corrected chi connectivity index (χ1v) is 5.40. The summed E-state index contributed by atoms with van der Waals surface area (Å²) in [5.41, 5.74) is 0.586. The molecule has 0 aliphatic heterocycles. The van der Waals surface area contributed by atoms with Crippen molar-refractivity contribution < 1.29 is 9.21 Å². The van der Waals surface area contributed by atoms with E-state index in [0.29, 0.717) is 16.5 Å². The third kappa shape index (κ3) is 3.23. The molecule has 3 nitrogen and oxygen atoms in total. The first-order chi connectivity index (χ1) is 8.25. The highest BCUT2D eigenvalue weighted by Crippen LogP contribution is 2.20. The van der Waals surface area contributed by atoms with Gasteiger partial charge in [-0.3, -0.25) is 4.79 Å². The summed E-state index contributed by atoms with van der Waals surface area (Å²) in [5, 5.41) is 3.18. The number of halogens is 1. The summed E-state index contributed by atoms with van der Waals surface area (Å²) in [6.07, 6.45) is 4.53.